The number of thiophene rings is 1. The van der Waals surface area contributed by atoms with E-state index in [0.29, 0.717) is 9.21 Å². The maximum Gasteiger partial charge on any atom is 0.325 e. The smallest absolute Gasteiger partial charge is 0.319 e. The van der Waals surface area contributed by atoms with Crippen molar-refractivity contribution in [2.45, 2.75) is 19.0 Å². The van der Waals surface area contributed by atoms with Gasteiger partial charge in [-0.15, -0.1) is 11.3 Å². The monoisotopic (exact) mass is 356 g/mol. The average Bonchev–Trinajstić information content (AvgIpc) is 2.99. The van der Waals surface area contributed by atoms with E-state index in [1.54, 1.807) is 12.1 Å². The standard InChI is InChI=1S/C15H11ClF2N2O2S/c1-15(10-6-8(17)2-4-11(10)18)13(21)20(14(22)19-15)7-9-3-5-12(16)23-9/h2-6H,7H2,1H3,(H,19,22). The molecule has 2 heterocycles. The Labute approximate surface area is 139 Å². The first-order valence-corrected chi connectivity index (χ1v) is 7.84. The SMILES string of the molecule is CC1(c2cc(F)ccc2F)NC(=O)N(Cc2ccc(Cl)s2)C1=O. The first-order chi connectivity index (χ1) is 10.8. The molecule has 4 nitrogen and oxygen atoms in total. The summed E-state index contributed by atoms with van der Waals surface area (Å²) in [6.07, 6.45) is 0. The Hall–Kier alpha value is -1.99. The third-order valence-electron chi connectivity index (χ3n) is 3.68. The summed E-state index contributed by atoms with van der Waals surface area (Å²) in [6, 6.07) is 5.49. The van der Waals surface area contributed by atoms with Gasteiger partial charge in [-0.05, 0) is 37.3 Å². The second-order valence-electron chi connectivity index (χ2n) is 5.28. The number of carbonyl (C=O) groups excluding carboxylic acids is 2. The summed E-state index contributed by atoms with van der Waals surface area (Å²) >= 11 is 7.07. The summed E-state index contributed by atoms with van der Waals surface area (Å²) in [5.41, 5.74) is -1.85. The zero-order valence-corrected chi connectivity index (χ0v) is 13.5. The van der Waals surface area contributed by atoms with Gasteiger partial charge in [0.05, 0.1) is 10.9 Å². The molecule has 1 unspecified atom stereocenters. The predicted octanol–water partition coefficient (Wildman–Crippen LogP) is 3.65. The van der Waals surface area contributed by atoms with E-state index in [1.807, 2.05) is 0 Å². The number of hydrogen-bond donors (Lipinski definition) is 1. The molecule has 1 fully saturated rings. The van der Waals surface area contributed by atoms with Crippen LogP contribution >= 0.6 is 22.9 Å². The fourth-order valence-corrected chi connectivity index (χ4v) is 3.57. The molecule has 1 aromatic carbocycles. The molecule has 1 aromatic heterocycles. The second-order valence-corrected chi connectivity index (χ2v) is 7.08. The van der Waals surface area contributed by atoms with Crippen molar-refractivity contribution < 1.29 is 18.4 Å². The zero-order chi connectivity index (χ0) is 16.8. The largest absolute Gasteiger partial charge is 0.325 e. The molecule has 0 saturated carbocycles. The maximum atomic E-state index is 14.0. The number of imide groups is 1. The molecule has 3 amide bonds. The van der Waals surface area contributed by atoms with Gasteiger partial charge in [0.15, 0.2) is 0 Å². The summed E-state index contributed by atoms with van der Waals surface area (Å²) in [5.74, 6) is -2.09. The molecule has 1 atom stereocenters. The highest BCUT2D eigenvalue weighted by Gasteiger charge is 2.50. The topological polar surface area (TPSA) is 49.4 Å². The Kier molecular flexibility index (Phi) is 3.85. The third-order valence-corrected chi connectivity index (χ3v) is 4.90. The van der Waals surface area contributed by atoms with Gasteiger partial charge in [-0.25, -0.2) is 13.6 Å². The van der Waals surface area contributed by atoms with E-state index in [-0.39, 0.29) is 12.1 Å². The summed E-state index contributed by atoms with van der Waals surface area (Å²) in [6.45, 7) is 1.38. The minimum Gasteiger partial charge on any atom is -0.319 e. The molecule has 1 N–H and O–H groups in total. The van der Waals surface area contributed by atoms with E-state index in [1.165, 1.54) is 18.3 Å². The van der Waals surface area contributed by atoms with Gasteiger partial charge < -0.3 is 5.32 Å². The highest BCUT2D eigenvalue weighted by atomic mass is 35.5. The lowest BCUT2D eigenvalue weighted by molar-refractivity contribution is -0.131. The lowest BCUT2D eigenvalue weighted by Gasteiger charge is -2.22. The number of nitrogens with zero attached hydrogens (tertiary/aromatic N) is 1. The Balaban J connectivity index is 1.95. The number of halogens is 3. The maximum absolute atomic E-state index is 14.0. The Morgan fingerprint density at radius 1 is 1.26 bits per heavy atom. The first kappa shape index (κ1) is 15.9. The summed E-state index contributed by atoms with van der Waals surface area (Å²) < 4.78 is 28.0. The number of hydrogen-bond acceptors (Lipinski definition) is 3. The zero-order valence-electron chi connectivity index (χ0n) is 11.9. The van der Waals surface area contributed by atoms with Gasteiger partial charge in [0, 0.05) is 10.4 Å². The van der Waals surface area contributed by atoms with Crippen molar-refractivity contribution in [1.29, 1.82) is 0 Å². The Morgan fingerprint density at radius 3 is 2.65 bits per heavy atom. The second kappa shape index (κ2) is 5.58. The summed E-state index contributed by atoms with van der Waals surface area (Å²) in [5, 5.41) is 2.44. The molecule has 1 saturated heterocycles. The van der Waals surface area contributed by atoms with Crippen LogP contribution in [0.3, 0.4) is 0 Å². The van der Waals surface area contributed by atoms with E-state index < -0.39 is 29.1 Å². The summed E-state index contributed by atoms with van der Waals surface area (Å²) in [4.78, 5) is 26.4. The Bertz CT molecular complexity index is 811. The van der Waals surface area contributed by atoms with Crippen LogP contribution in [0.2, 0.25) is 4.34 Å². The molecule has 23 heavy (non-hydrogen) atoms. The van der Waals surface area contributed by atoms with E-state index >= 15 is 0 Å². The number of benzene rings is 1. The number of nitrogens with one attached hydrogen (secondary N) is 1. The summed E-state index contributed by atoms with van der Waals surface area (Å²) in [7, 11) is 0. The highest BCUT2D eigenvalue weighted by Crippen LogP contribution is 2.33. The van der Waals surface area contributed by atoms with Gasteiger partial charge in [-0.1, -0.05) is 11.6 Å². The van der Waals surface area contributed by atoms with Gasteiger partial charge in [0.1, 0.15) is 17.2 Å². The van der Waals surface area contributed by atoms with Crippen molar-refractivity contribution in [2.24, 2.45) is 0 Å². The number of amides is 3. The minimum absolute atomic E-state index is 0.0224. The molecule has 0 aliphatic carbocycles. The molecule has 1 aliphatic heterocycles. The van der Waals surface area contributed by atoms with Crippen LogP contribution in [0.5, 0.6) is 0 Å². The van der Waals surface area contributed by atoms with Crippen LogP contribution in [0.15, 0.2) is 30.3 Å². The van der Waals surface area contributed by atoms with Crippen molar-refractivity contribution in [3.8, 4) is 0 Å². The highest BCUT2D eigenvalue weighted by molar-refractivity contribution is 7.16. The van der Waals surface area contributed by atoms with E-state index in [4.69, 9.17) is 11.6 Å². The van der Waals surface area contributed by atoms with E-state index in [0.717, 1.165) is 23.1 Å². The number of rotatable bonds is 3. The van der Waals surface area contributed by atoms with Gasteiger partial charge in [-0.2, -0.15) is 0 Å². The fourth-order valence-electron chi connectivity index (χ4n) is 2.50. The minimum atomic E-state index is -1.65. The van der Waals surface area contributed by atoms with Crippen molar-refractivity contribution in [3.63, 3.8) is 0 Å². The van der Waals surface area contributed by atoms with Crippen molar-refractivity contribution in [1.82, 2.24) is 10.2 Å². The molecule has 2 aromatic rings. The lowest BCUT2D eigenvalue weighted by Crippen LogP contribution is -2.41. The quantitative estimate of drug-likeness (QED) is 0.853. The van der Waals surface area contributed by atoms with E-state index in [9.17, 15) is 18.4 Å². The van der Waals surface area contributed by atoms with Crippen LogP contribution < -0.4 is 5.32 Å². The number of carbonyl (C=O) groups is 2. The molecule has 0 spiro atoms. The van der Waals surface area contributed by atoms with Gasteiger partial charge in [0.2, 0.25) is 0 Å². The van der Waals surface area contributed by atoms with Crippen LogP contribution in [-0.4, -0.2) is 16.8 Å². The van der Waals surface area contributed by atoms with Crippen molar-refractivity contribution in [2.75, 3.05) is 0 Å². The predicted molar refractivity (Wildman–Crippen MR) is 82.1 cm³/mol. The van der Waals surface area contributed by atoms with Gasteiger partial charge >= 0.3 is 6.03 Å². The molecular formula is C15H11ClF2N2O2S. The first-order valence-electron chi connectivity index (χ1n) is 6.65. The third kappa shape index (κ3) is 2.70. The molecule has 120 valence electrons. The molecule has 0 radical (unpaired) electrons. The van der Waals surface area contributed by atoms with Crippen LogP contribution in [0.25, 0.3) is 0 Å². The normalized spacial score (nSPS) is 21.0. The van der Waals surface area contributed by atoms with Gasteiger partial charge in [-0.3, -0.25) is 9.69 Å². The molecular weight excluding hydrogens is 346 g/mol. The van der Waals surface area contributed by atoms with Crippen LogP contribution in [0.4, 0.5) is 13.6 Å². The van der Waals surface area contributed by atoms with E-state index in [2.05, 4.69) is 5.32 Å². The molecule has 8 heteroatoms. The van der Waals surface area contributed by atoms with Crippen LogP contribution in [0, 0.1) is 11.6 Å². The molecule has 3 rings (SSSR count). The van der Waals surface area contributed by atoms with Gasteiger partial charge in [0.25, 0.3) is 5.91 Å². The van der Waals surface area contributed by atoms with Crippen molar-refractivity contribution >= 4 is 34.9 Å². The number of urea groups is 1. The van der Waals surface area contributed by atoms with Crippen LogP contribution in [-0.2, 0) is 16.9 Å². The average molecular weight is 357 g/mol. The fraction of sp³-hybridized carbons (Fsp3) is 0.200. The molecule has 0 bridgehead atoms. The Morgan fingerprint density at radius 2 is 2.00 bits per heavy atom. The molecule has 1 aliphatic rings. The lowest BCUT2D eigenvalue weighted by atomic mass is 9.91. The van der Waals surface area contributed by atoms with Crippen molar-refractivity contribution in [3.05, 3.63) is 56.7 Å². The van der Waals surface area contributed by atoms with Crippen LogP contribution in [0.1, 0.15) is 17.4 Å².